The molecule has 7 nitrogen and oxygen atoms in total. The second-order valence-corrected chi connectivity index (χ2v) is 7.15. The first-order valence-electron chi connectivity index (χ1n) is 9.42. The quantitative estimate of drug-likeness (QED) is 0.427. The van der Waals surface area contributed by atoms with Crippen molar-refractivity contribution < 1.29 is 32.3 Å². The number of amides is 1. The van der Waals surface area contributed by atoms with Crippen molar-refractivity contribution >= 4 is 40.3 Å². The van der Waals surface area contributed by atoms with E-state index < -0.39 is 30.1 Å². The van der Waals surface area contributed by atoms with Crippen LogP contribution in [0.25, 0.3) is 22.2 Å². The zero-order chi connectivity index (χ0) is 24.8. The van der Waals surface area contributed by atoms with Gasteiger partial charge < -0.3 is 10.1 Å². The van der Waals surface area contributed by atoms with Crippen LogP contribution in [0.3, 0.4) is 0 Å². The molecule has 0 radical (unpaired) electrons. The third-order valence-corrected chi connectivity index (χ3v) is 4.34. The number of rotatable bonds is 3. The zero-order valence-electron chi connectivity index (χ0n) is 17.7. The highest BCUT2D eigenvalue weighted by atomic mass is 35.5. The molecule has 0 fully saturated rings. The maximum atomic E-state index is 13.7. The van der Waals surface area contributed by atoms with E-state index in [0.29, 0.717) is 21.5 Å². The fourth-order valence-corrected chi connectivity index (χ4v) is 3.10. The molecule has 0 bridgehead atoms. The van der Waals surface area contributed by atoms with Crippen molar-refractivity contribution in [2.75, 3.05) is 0 Å². The van der Waals surface area contributed by atoms with E-state index in [1.54, 1.807) is 30.3 Å². The molecular formula is C22H19ClF3N3O4. The van der Waals surface area contributed by atoms with Gasteiger partial charge in [0, 0.05) is 49.7 Å². The van der Waals surface area contributed by atoms with Gasteiger partial charge in [0.1, 0.15) is 0 Å². The van der Waals surface area contributed by atoms with Crippen molar-refractivity contribution in [3.05, 3.63) is 59.4 Å². The summed E-state index contributed by atoms with van der Waals surface area (Å²) in [6.45, 7) is 3.40. The number of para-hydroxylation sites is 1. The molecule has 1 atom stereocenters. The molecule has 0 aliphatic heterocycles. The average molecular weight is 482 g/mol. The topological polar surface area (TPSA) is 98.2 Å². The monoisotopic (exact) mass is 481 g/mol. The molecule has 11 heteroatoms. The number of benzene rings is 1. The normalized spacial score (nSPS) is 11.7. The number of carbonyl (C=O) groups excluding carboxylic acids is 3. The Morgan fingerprint density at radius 1 is 1.06 bits per heavy atom. The van der Waals surface area contributed by atoms with Crippen LogP contribution in [0.1, 0.15) is 32.4 Å². The molecule has 0 aliphatic rings. The summed E-state index contributed by atoms with van der Waals surface area (Å²) in [6.07, 6.45) is -1.78. The van der Waals surface area contributed by atoms with Crippen LogP contribution in [-0.2, 0) is 19.1 Å². The van der Waals surface area contributed by atoms with Crippen molar-refractivity contribution in [1.82, 2.24) is 15.3 Å². The van der Waals surface area contributed by atoms with Gasteiger partial charge in [-0.1, -0.05) is 23.7 Å². The number of fused-ring (bicyclic) bond motifs is 1. The first-order valence-corrected chi connectivity index (χ1v) is 9.80. The Kier molecular flexibility index (Phi) is 8.47. The van der Waals surface area contributed by atoms with Gasteiger partial charge in [-0.25, -0.2) is 4.98 Å². The van der Waals surface area contributed by atoms with Gasteiger partial charge in [-0.05, 0) is 24.3 Å². The van der Waals surface area contributed by atoms with E-state index in [4.69, 9.17) is 11.6 Å². The Morgan fingerprint density at radius 2 is 1.73 bits per heavy atom. The Bertz CT molecular complexity index is 1160. The largest absolute Gasteiger partial charge is 0.412 e. The van der Waals surface area contributed by atoms with Gasteiger partial charge in [0.05, 0.1) is 16.2 Å². The van der Waals surface area contributed by atoms with Crippen LogP contribution in [0.4, 0.5) is 13.2 Å². The summed E-state index contributed by atoms with van der Waals surface area (Å²) in [6, 6.07) is 7.20. The molecular weight excluding hydrogens is 463 g/mol. The molecule has 0 spiro atoms. The van der Waals surface area contributed by atoms with Crippen molar-refractivity contribution in [3.63, 3.8) is 0 Å². The smallest absolute Gasteiger partial charge is 0.394 e. The maximum absolute atomic E-state index is 13.7. The molecule has 1 N–H and O–H groups in total. The molecule has 2 aromatic heterocycles. The molecule has 1 amide bonds. The number of hydrogen-bond donors (Lipinski definition) is 1. The molecule has 0 aliphatic carbocycles. The number of alkyl halides is 3. The van der Waals surface area contributed by atoms with Gasteiger partial charge in [0.15, 0.2) is 6.04 Å². The second kappa shape index (κ2) is 10.9. The number of esters is 2. The predicted octanol–water partition coefficient (Wildman–Crippen LogP) is 4.79. The number of ether oxygens (including phenoxy) is 1. The lowest BCUT2D eigenvalue weighted by Crippen LogP contribution is -2.37. The summed E-state index contributed by atoms with van der Waals surface area (Å²) in [5, 5.41) is 2.73. The van der Waals surface area contributed by atoms with E-state index in [1.807, 2.05) is 5.32 Å². The van der Waals surface area contributed by atoms with Crippen LogP contribution in [0.15, 0.2) is 48.8 Å². The molecule has 0 saturated carbocycles. The Hall–Kier alpha value is -3.53. The molecule has 3 rings (SSSR count). The van der Waals surface area contributed by atoms with Crippen LogP contribution >= 0.6 is 11.6 Å². The lowest BCUT2D eigenvalue weighted by molar-refractivity contribution is -0.162. The highest BCUT2D eigenvalue weighted by Gasteiger charge is 2.43. The number of pyridine rings is 2. The van der Waals surface area contributed by atoms with Gasteiger partial charge in [-0.2, -0.15) is 13.2 Å². The molecule has 33 heavy (non-hydrogen) atoms. The average Bonchev–Trinajstić information content (AvgIpc) is 2.71. The van der Waals surface area contributed by atoms with Crippen LogP contribution in [0, 0.1) is 0 Å². The van der Waals surface area contributed by atoms with E-state index in [9.17, 15) is 27.6 Å². The maximum Gasteiger partial charge on any atom is 0.412 e. The van der Waals surface area contributed by atoms with Crippen molar-refractivity contribution in [3.8, 4) is 11.3 Å². The molecule has 174 valence electrons. The highest BCUT2D eigenvalue weighted by Crippen LogP contribution is 2.39. The van der Waals surface area contributed by atoms with Gasteiger partial charge in [0.2, 0.25) is 5.91 Å². The van der Waals surface area contributed by atoms with Gasteiger partial charge >= 0.3 is 18.1 Å². The lowest BCUT2D eigenvalue weighted by atomic mass is 9.98. The van der Waals surface area contributed by atoms with Crippen LogP contribution < -0.4 is 5.32 Å². The summed E-state index contributed by atoms with van der Waals surface area (Å²) < 4.78 is 44.9. The summed E-state index contributed by atoms with van der Waals surface area (Å²) >= 11 is 6.15. The fourth-order valence-electron chi connectivity index (χ4n) is 2.87. The first-order chi connectivity index (χ1) is 15.4. The van der Waals surface area contributed by atoms with Crippen molar-refractivity contribution in [1.29, 1.82) is 0 Å². The highest BCUT2D eigenvalue weighted by molar-refractivity contribution is 6.35. The van der Waals surface area contributed by atoms with E-state index in [2.05, 4.69) is 14.7 Å². The third-order valence-electron chi connectivity index (χ3n) is 4.03. The predicted molar refractivity (Wildman–Crippen MR) is 115 cm³/mol. The summed E-state index contributed by atoms with van der Waals surface area (Å²) in [5.74, 6) is -1.92. The minimum atomic E-state index is -4.70. The molecule has 3 aromatic rings. The number of hydrogen-bond acceptors (Lipinski definition) is 6. The van der Waals surface area contributed by atoms with E-state index in [0.717, 1.165) is 6.92 Å². The Morgan fingerprint density at radius 3 is 2.21 bits per heavy atom. The molecule has 2 heterocycles. The second-order valence-electron chi connectivity index (χ2n) is 6.74. The third kappa shape index (κ3) is 7.25. The molecule has 0 saturated heterocycles. The summed E-state index contributed by atoms with van der Waals surface area (Å²) in [7, 11) is 0. The number of aromatic nitrogens is 2. The Labute approximate surface area is 191 Å². The minimum absolute atomic E-state index is 0.0646. The first kappa shape index (κ1) is 25.7. The zero-order valence-corrected chi connectivity index (χ0v) is 18.5. The number of halogens is 4. The van der Waals surface area contributed by atoms with E-state index in [1.165, 1.54) is 32.3 Å². The van der Waals surface area contributed by atoms with E-state index in [-0.39, 0.29) is 11.3 Å². The standard InChI is InChI=1S/C18H13ClF3N3O.C4H6O3/c1-10(26)24-17(18(20,21)22)13-8-11-4-2-6-14(19)16(11)25-15(13)12-5-3-7-23-9-12;1-3(5)7-4(2)6/h2-9,17H,1H3,(H,24,26);1-2H3/t17-;/m1./s1. The number of nitrogens with zero attached hydrogens (tertiary/aromatic N) is 2. The molecule has 1 aromatic carbocycles. The van der Waals surface area contributed by atoms with Gasteiger partial charge in [-0.15, -0.1) is 0 Å². The van der Waals surface area contributed by atoms with Crippen LogP contribution in [0.2, 0.25) is 5.02 Å². The fraction of sp³-hybridized carbons (Fsp3) is 0.227. The van der Waals surface area contributed by atoms with Gasteiger partial charge in [0.25, 0.3) is 0 Å². The SMILES string of the molecule is CC(=O)N[C@H](c1cc2cccc(Cl)c2nc1-c1cccnc1)C(F)(F)F.CC(=O)OC(C)=O. The van der Waals surface area contributed by atoms with Crippen LogP contribution in [-0.4, -0.2) is 34.0 Å². The summed E-state index contributed by atoms with van der Waals surface area (Å²) in [5.41, 5.74) is 0.662. The minimum Gasteiger partial charge on any atom is -0.394 e. The van der Waals surface area contributed by atoms with E-state index >= 15 is 0 Å². The molecule has 0 unspecified atom stereocenters. The lowest BCUT2D eigenvalue weighted by Gasteiger charge is -2.24. The number of nitrogens with one attached hydrogen (secondary N) is 1. The van der Waals surface area contributed by atoms with Gasteiger partial charge in [-0.3, -0.25) is 19.4 Å². The summed E-state index contributed by atoms with van der Waals surface area (Å²) in [4.78, 5) is 39.3. The van der Waals surface area contributed by atoms with Crippen molar-refractivity contribution in [2.45, 2.75) is 33.0 Å². The van der Waals surface area contributed by atoms with Crippen molar-refractivity contribution in [2.24, 2.45) is 0 Å². The Balaban J connectivity index is 0.000000479. The van der Waals surface area contributed by atoms with Crippen LogP contribution in [0.5, 0.6) is 0 Å². The number of carbonyl (C=O) groups is 3.